The van der Waals surface area contributed by atoms with Crippen molar-refractivity contribution in [2.45, 2.75) is 6.54 Å². The number of amides is 2. The lowest BCUT2D eigenvalue weighted by atomic mass is 10.2. The molecule has 0 radical (unpaired) electrons. The van der Waals surface area contributed by atoms with E-state index < -0.39 is 0 Å². The van der Waals surface area contributed by atoms with Crippen molar-refractivity contribution in [1.29, 1.82) is 0 Å². The van der Waals surface area contributed by atoms with Gasteiger partial charge in [0.05, 0.1) is 15.7 Å². The smallest absolute Gasteiger partial charge is 0.317 e. The fourth-order valence-electron chi connectivity index (χ4n) is 2.85. The zero-order valence-electron chi connectivity index (χ0n) is 13.5. The van der Waals surface area contributed by atoms with Crippen LogP contribution in [0.25, 0.3) is 0 Å². The third kappa shape index (κ3) is 4.17. The van der Waals surface area contributed by atoms with Gasteiger partial charge >= 0.3 is 6.03 Å². The van der Waals surface area contributed by atoms with Crippen LogP contribution in [-0.4, -0.2) is 37.1 Å². The second kappa shape index (κ2) is 7.93. The van der Waals surface area contributed by atoms with Crippen LogP contribution in [-0.2, 0) is 6.54 Å². The van der Waals surface area contributed by atoms with Crippen molar-refractivity contribution >= 4 is 34.9 Å². The number of halogens is 3. The number of anilines is 1. The van der Waals surface area contributed by atoms with Crippen molar-refractivity contribution < 1.29 is 9.18 Å². The molecule has 25 heavy (non-hydrogen) atoms. The predicted octanol–water partition coefficient (Wildman–Crippen LogP) is 4.16. The second-order valence-corrected chi connectivity index (χ2v) is 6.61. The highest BCUT2D eigenvalue weighted by molar-refractivity contribution is 6.39. The van der Waals surface area contributed by atoms with Crippen molar-refractivity contribution in [3.63, 3.8) is 0 Å². The number of rotatable bonds is 3. The molecule has 1 saturated heterocycles. The van der Waals surface area contributed by atoms with E-state index in [-0.39, 0.29) is 18.4 Å². The molecular formula is C18H18Cl2FN3O. The van der Waals surface area contributed by atoms with Gasteiger partial charge in [0, 0.05) is 38.3 Å². The Hall–Kier alpha value is -1.98. The first-order valence-corrected chi connectivity index (χ1v) is 8.77. The van der Waals surface area contributed by atoms with E-state index >= 15 is 0 Å². The Morgan fingerprint density at radius 3 is 2.28 bits per heavy atom. The predicted molar refractivity (Wildman–Crippen MR) is 98.9 cm³/mol. The first kappa shape index (κ1) is 17.8. The molecule has 1 aliphatic rings. The Morgan fingerprint density at radius 1 is 1.00 bits per heavy atom. The van der Waals surface area contributed by atoms with Gasteiger partial charge in [0.1, 0.15) is 5.82 Å². The Kier molecular flexibility index (Phi) is 5.66. The molecule has 132 valence electrons. The van der Waals surface area contributed by atoms with Crippen molar-refractivity contribution in [3.05, 3.63) is 63.9 Å². The first-order valence-electron chi connectivity index (χ1n) is 8.01. The van der Waals surface area contributed by atoms with Crippen LogP contribution in [0.3, 0.4) is 0 Å². The van der Waals surface area contributed by atoms with E-state index in [1.807, 2.05) is 0 Å². The summed E-state index contributed by atoms with van der Waals surface area (Å²) in [5.74, 6) is -0.319. The molecule has 2 aromatic rings. The number of hydrogen-bond acceptors (Lipinski definition) is 2. The molecule has 2 aromatic carbocycles. The van der Waals surface area contributed by atoms with Gasteiger partial charge in [0.2, 0.25) is 0 Å². The molecule has 0 spiro atoms. The summed E-state index contributed by atoms with van der Waals surface area (Å²) in [7, 11) is 0. The summed E-state index contributed by atoms with van der Waals surface area (Å²) in [6.07, 6.45) is 0. The number of para-hydroxylation sites is 1. The number of nitrogens with zero attached hydrogens (tertiary/aromatic N) is 2. The van der Waals surface area contributed by atoms with Crippen LogP contribution in [0.4, 0.5) is 14.9 Å². The summed E-state index contributed by atoms with van der Waals surface area (Å²) < 4.78 is 13.6. The quantitative estimate of drug-likeness (QED) is 0.865. The van der Waals surface area contributed by atoms with E-state index in [9.17, 15) is 9.18 Å². The fraction of sp³-hybridized carbons (Fsp3) is 0.278. The molecular weight excluding hydrogens is 364 g/mol. The van der Waals surface area contributed by atoms with E-state index in [0.717, 1.165) is 5.69 Å². The molecule has 0 saturated carbocycles. The molecule has 0 bridgehead atoms. The molecule has 0 aromatic heterocycles. The maximum atomic E-state index is 13.6. The monoisotopic (exact) mass is 381 g/mol. The minimum absolute atomic E-state index is 0.169. The van der Waals surface area contributed by atoms with Crippen LogP contribution >= 0.6 is 23.2 Å². The lowest BCUT2D eigenvalue weighted by Gasteiger charge is -2.36. The molecule has 2 amide bonds. The lowest BCUT2D eigenvalue weighted by Crippen LogP contribution is -2.51. The highest BCUT2D eigenvalue weighted by Crippen LogP contribution is 2.33. The van der Waals surface area contributed by atoms with Gasteiger partial charge in [0.25, 0.3) is 0 Å². The highest BCUT2D eigenvalue weighted by Gasteiger charge is 2.23. The summed E-state index contributed by atoms with van der Waals surface area (Å²) in [5, 5.41) is 3.97. The fourth-order valence-corrected chi connectivity index (χ4v) is 3.49. The number of hydrogen-bond donors (Lipinski definition) is 1. The molecule has 1 aliphatic heterocycles. The Labute approximate surface area is 156 Å². The van der Waals surface area contributed by atoms with E-state index in [2.05, 4.69) is 10.2 Å². The molecule has 1 N–H and O–H groups in total. The Balaban J connectivity index is 1.55. The van der Waals surface area contributed by atoms with Gasteiger partial charge in [0.15, 0.2) is 0 Å². The van der Waals surface area contributed by atoms with E-state index in [1.54, 1.807) is 41.3 Å². The lowest BCUT2D eigenvalue weighted by molar-refractivity contribution is 0.194. The summed E-state index contributed by atoms with van der Waals surface area (Å²) in [5.41, 5.74) is 1.27. The SMILES string of the molecule is O=C(NCc1ccccc1F)N1CCN(c2c(Cl)cccc2Cl)CC1. The van der Waals surface area contributed by atoms with Crippen LogP contribution in [0.2, 0.25) is 10.0 Å². The maximum absolute atomic E-state index is 13.6. The van der Waals surface area contributed by atoms with Crippen molar-refractivity contribution in [3.8, 4) is 0 Å². The number of benzene rings is 2. The van der Waals surface area contributed by atoms with Gasteiger partial charge in [-0.2, -0.15) is 0 Å². The van der Waals surface area contributed by atoms with Gasteiger partial charge in [-0.3, -0.25) is 0 Å². The van der Waals surface area contributed by atoms with Crippen LogP contribution in [0.5, 0.6) is 0 Å². The van der Waals surface area contributed by atoms with Crippen LogP contribution < -0.4 is 10.2 Å². The molecule has 1 fully saturated rings. The Bertz CT molecular complexity index is 743. The van der Waals surface area contributed by atoms with Gasteiger partial charge < -0.3 is 15.1 Å². The number of piperazine rings is 1. The van der Waals surface area contributed by atoms with Gasteiger partial charge in [-0.25, -0.2) is 9.18 Å². The summed E-state index contributed by atoms with van der Waals surface area (Å²) in [6, 6.07) is 11.6. The number of carbonyl (C=O) groups excluding carboxylic acids is 1. The van der Waals surface area contributed by atoms with Gasteiger partial charge in [-0.05, 0) is 18.2 Å². The number of nitrogens with one attached hydrogen (secondary N) is 1. The van der Waals surface area contributed by atoms with E-state index in [4.69, 9.17) is 23.2 Å². The van der Waals surface area contributed by atoms with E-state index in [1.165, 1.54) is 6.07 Å². The maximum Gasteiger partial charge on any atom is 0.317 e. The van der Waals surface area contributed by atoms with Crippen LogP contribution in [0.1, 0.15) is 5.56 Å². The van der Waals surface area contributed by atoms with Crippen molar-refractivity contribution in [1.82, 2.24) is 10.2 Å². The third-order valence-electron chi connectivity index (χ3n) is 4.21. The number of carbonyl (C=O) groups is 1. The normalized spacial score (nSPS) is 14.5. The van der Waals surface area contributed by atoms with Crippen LogP contribution in [0, 0.1) is 5.82 Å². The molecule has 1 heterocycles. The highest BCUT2D eigenvalue weighted by atomic mass is 35.5. The second-order valence-electron chi connectivity index (χ2n) is 5.79. The topological polar surface area (TPSA) is 35.6 Å². The Morgan fingerprint density at radius 2 is 1.64 bits per heavy atom. The van der Waals surface area contributed by atoms with Gasteiger partial charge in [-0.15, -0.1) is 0 Å². The summed E-state index contributed by atoms with van der Waals surface area (Å²) >= 11 is 12.5. The minimum Gasteiger partial charge on any atom is -0.366 e. The zero-order chi connectivity index (χ0) is 17.8. The summed E-state index contributed by atoms with van der Waals surface area (Å²) in [6.45, 7) is 2.53. The molecule has 4 nitrogen and oxygen atoms in total. The standard InChI is InChI=1S/C18H18Cl2FN3O/c19-14-5-3-6-15(20)17(14)23-8-10-24(11-9-23)18(25)22-12-13-4-1-2-7-16(13)21/h1-7H,8-12H2,(H,22,25). The van der Waals surface area contributed by atoms with E-state index in [0.29, 0.717) is 41.8 Å². The third-order valence-corrected chi connectivity index (χ3v) is 4.82. The van der Waals surface area contributed by atoms with Crippen LogP contribution in [0.15, 0.2) is 42.5 Å². The van der Waals surface area contributed by atoms with Crippen molar-refractivity contribution in [2.24, 2.45) is 0 Å². The largest absolute Gasteiger partial charge is 0.366 e. The molecule has 7 heteroatoms. The average molecular weight is 382 g/mol. The number of urea groups is 1. The first-order chi connectivity index (χ1) is 12.1. The molecule has 0 unspecified atom stereocenters. The zero-order valence-corrected chi connectivity index (χ0v) is 15.0. The molecule has 0 atom stereocenters. The average Bonchev–Trinajstić information content (AvgIpc) is 2.61. The molecule has 3 rings (SSSR count). The molecule has 0 aliphatic carbocycles. The van der Waals surface area contributed by atoms with Gasteiger partial charge in [-0.1, -0.05) is 47.5 Å². The minimum atomic E-state index is -0.319. The van der Waals surface area contributed by atoms with Crippen molar-refractivity contribution in [2.75, 3.05) is 31.1 Å². The summed E-state index contributed by atoms with van der Waals surface area (Å²) in [4.78, 5) is 16.1.